The summed E-state index contributed by atoms with van der Waals surface area (Å²) in [5.74, 6) is 0. The fourth-order valence-electron chi connectivity index (χ4n) is 0.521. The molecule has 0 aromatic carbocycles. The Morgan fingerprint density at radius 1 is 1.07 bits per heavy atom. The predicted octanol–water partition coefficient (Wildman–Crippen LogP) is -0.356. The zero-order valence-electron chi connectivity index (χ0n) is 9.36. The molecule has 0 saturated heterocycles. The second kappa shape index (κ2) is 9.42. The number of ether oxygens (including phenoxy) is 2. The lowest BCUT2D eigenvalue weighted by Crippen LogP contribution is -2.16. The van der Waals surface area contributed by atoms with E-state index in [9.17, 15) is 0 Å². The summed E-state index contributed by atoms with van der Waals surface area (Å²) in [5, 5.41) is 21.5. The Hall–Kier alpha value is -0.135. The van der Waals surface area contributed by atoms with E-state index in [2.05, 4.69) is 20.8 Å². The van der Waals surface area contributed by atoms with Gasteiger partial charge in [-0.15, -0.1) is 0 Å². The molecule has 0 aliphatic heterocycles. The molecule has 0 amide bonds. The van der Waals surface area contributed by atoms with Crippen molar-refractivity contribution in [2.45, 2.75) is 20.8 Å². The first-order chi connectivity index (χ1) is 6.29. The molecule has 0 radical (unpaired) electrons. The average Bonchev–Trinajstić information content (AvgIpc) is 1.95. The molecule has 0 unspecified atom stereocenters. The minimum absolute atomic E-state index is 0.272. The van der Waals surface area contributed by atoms with E-state index in [1.165, 1.54) is 0 Å². The van der Waals surface area contributed by atoms with Crippen LogP contribution in [0.25, 0.3) is 0 Å². The number of hydrogen-bond donors (Lipinski definition) is 3. The van der Waals surface area contributed by atoms with Gasteiger partial charge < -0.3 is 24.5 Å². The Balaban J connectivity index is 0. The topological polar surface area (TPSA) is 79.2 Å². The molecule has 0 heterocycles. The van der Waals surface area contributed by atoms with E-state index in [4.69, 9.17) is 24.5 Å². The maximum Gasteiger partial charge on any atom is 0.631 e. The molecule has 0 rings (SSSR count). The first kappa shape index (κ1) is 16.3. The van der Waals surface area contributed by atoms with E-state index in [-0.39, 0.29) is 5.41 Å². The lowest BCUT2D eigenvalue weighted by molar-refractivity contribution is 0.0337. The monoisotopic (exact) mass is 208 g/mol. The minimum Gasteiger partial charge on any atom is -0.402 e. The Bertz CT molecular complexity index is 110. The van der Waals surface area contributed by atoms with Crippen LogP contribution in [0.3, 0.4) is 0 Å². The lowest BCUT2D eigenvalue weighted by Gasteiger charge is -2.17. The van der Waals surface area contributed by atoms with Crippen LogP contribution in [-0.4, -0.2) is 49.3 Å². The van der Waals surface area contributed by atoms with E-state index >= 15 is 0 Å². The predicted molar refractivity (Wildman–Crippen MR) is 54.6 cm³/mol. The Morgan fingerprint density at radius 3 is 1.79 bits per heavy atom. The maximum absolute atomic E-state index is 7.17. The molecule has 0 aromatic heterocycles. The third kappa shape index (κ3) is 29.7. The van der Waals surface area contributed by atoms with Crippen LogP contribution in [-0.2, 0) is 9.47 Å². The summed E-state index contributed by atoms with van der Waals surface area (Å²) in [6.45, 7) is 8.65. The van der Waals surface area contributed by atoms with E-state index in [1.54, 1.807) is 7.11 Å². The molecule has 0 bridgehead atoms. The number of hydrogen-bond acceptors (Lipinski definition) is 5. The fourth-order valence-corrected chi connectivity index (χ4v) is 0.521. The quantitative estimate of drug-likeness (QED) is 0.434. The maximum atomic E-state index is 7.17. The van der Waals surface area contributed by atoms with Crippen molar-refractivity contribution in [3.8, 4) is 0 Å². The van der Waals surface area contributed by atoms with Crippen LogP contribution in [0.5, 0.6) is 0 Å². The summed E-state index contributed by atoms with van der Waals surface area (Å²) in [5.41, 5.74) is 0.272. The molecule has 0 saturated carbocycles. The highest BCUT2D eigenvalue weighted by Gasteiger charge is 2.08. The molecule has 0 atom stereocenters. The second-order valence-corrected chi connectivity index (χ2v) is 3.95. The van der Waals surface area contributed by atoms with Crippen molar-refractivity contribution < 1.29 is 24.5 Å². The first-order valence-electron chi connectivity index (χ1n) is 4.40. The van der Waals surface area contributed by atoms with E-state index in [0.717, 1.165) is 6.61 Å². The molecule has 0 aliphatic rings. The van der Waals surface area contributed by atoms with Crippen molar-refractivity contribution >= 4 is 7.32 Å². The smallest absolute Gasteiger partial charge is 0.402 e. The summed E-state index contributed by atoms with van der Waals surface area (Å²) in [6.07, 6.45) is 0. The van der Waals surface area contributed by atoms with Gasteiger partial charge in [-0.05, 0) is 5.41 Å². The van der Waals surface area contributed by atoms with Gasteiger partial charge in [-0.3, -0.25) is 0 Å². The molecular weight excluding hydrogens is 187 g/mol. The van der Waals surface area contributed by atoms with Gasteiger partial charge in [-0.1, -0.05) is 20.8 Å². The van der Waals surface area contributed by atoms with Crippen LogP contribution in [0.1, 0.15) is 20.8 Å². The zero-order chi connectivity index (χ0) is 11.6. The van der Waals surface area contributed by atoms with Crippen LogP contribution in [0, 0.1) is 5.41 Å². The van der Waals surface area contributed by atoms with Crippen molar-refractivity contribution in [3.05, 3.63) is 0 Å². The first-order valence-corrected chi connectivity index (χ1v) is 4.40. The second-order valence-electron chi connectivity index (χ2n) is 3.95. The molecule has 14 heavy (non-hydrogen) atoms. The molecule has 86 valence electrons. The van der Waals surface area contributed by atoms with Crippen LogP contribution >= 0.6 is 0 Å². The Kier molecular flexibility index (Phi) is 11.0. The van der Waals surface area contributed by atoms with E-state index in [1.807, 2.05) is 0 Å². The fraction of sp³-hybridized carbons (Fsp3) is 1.00. The summed E-state index contributed by atoms with van der Waals surface area (Å²) < 4.78 is 10.1. The summed E-state index contributed by atoms with van der Waals surface area (Å²) in [4.78, 5) is 0. The van der Waals surface area contributed by atoms with Gasteiger partial charge in [0.05, 0.1) is 19.8 Å². The highest BCUT2D eigenvalue weighted by atomic mass is 16.5. The van der Waals surface area contributed by atoms with Gasteiger partial charge in [0.2, 0.25) is 0 Å². The van der Waals surface area contributed by atoms with Gasteiger partial charge in [0.15, 0.2) is 0 Å². The molecule has 0 aliphatic carbocycles. The van der Waals surface area contributed by atoms with Crippen molar-refractivity contribution in [2.75, 3.05) is 26.9 Å². The van der Waals surface area contributed by atoms with Crippen molar-refractivity contribution in [1.29, 1.82) is 0 Å². The molecular formula is C8H21BO5. The van der Waals surface area contributed by atoms with Crippen LogP contribution in [0.2, 0.25) is 0 Å². The SMILES string of the molecule is COCCOCC(C)(C)C.OB(O)O. The molecule has 5 nitrogen and oxygen atoms in total. The van der Waals surface area contributed by atoms with Gasteiger partial charge in [0.25, 0.3) is 0 Å². The Labute approximate surface area is 85.8 Å². The summed E-state index contributed by atoms with van der Waals surface area (Å²) >= 11 is 0. The molecule has 6 heteroatoms. The summed E-state index contributed by atoms with van der Waals surface area (Å²) in [6, 6.07) is 0. The Morgan fingerprint density at radius 2 is 1.50 bits per heavy atom. The standard InChI is InChI=1S/C8H18O2.BH3O3/c1-8(2,3)7-10-6-5-9-4;2-1(3)4/h5-7H2,1-4H3;2-4H. The normalized spacial score (nSPS) is 10.5. The highest BCUT2D eigenvalue weighted by molar-refractivity contribution is 6.30. The lowest BCUT2D eigenvalue weighted by atomic mass is 9.99. The third-order valence-corrected chi connectivity index (χ3v) is 0.967. The van der Waals surface area contributed by atoms with Gasteiger partial charge in [0.1, 0.15) is 0 Å². The third-order valence-electron chi connectivity index (χ3n) is 0.967. The minimum atomic E-state index is -2.17. The zero-order valence-corrected chi connectivity index (χ0v) is 9.36. The van der Waals surface area contributed by atoms with Crippen molar-refractivity contribution in [3.63, 3.8) is 0 Å². The van der Waals surface area contributed by atoms with Gasteiger partial charge >= 0.3 is 7.32 Å². The van der Waals surface area contributed by atoms with Crippen molar-refractivity contribution in [2.24, 2.45) is 5.41 Å². The van der Waals surface area contributed by atoms with E-state index in [0.29, 0.717) is 13.2 Å². The van der Waals surface area contributed by atoms with Crippen molar-refractivity contribution in [1.82, 2.24) is 0 Å². The molecule has 3 N–H and O–H groups in total. The number of rotatable bonds is 4. The van der Waals surface area contributed by atoms with Crippen LogP contribution in [0.4, 0.5) is 0 Å². The highest BCUT2D eigenvalue weighted by Crippen LogP contribution is 2.12. The molecule has 0 fully saturated rings. The molecule has 0 spiro atoms. The number of methoxy groups -OCH3 is 1. The largest absolute Gasteiger partial charge is 0.631 e. The van der Waals surface area contributed by atoms with E-state index < -0.39 is 7.32 Å². The summed E-state index contributed by atoms with van der Waals surface area (Å²) in [7, 11) is -0.486. The van der Waals surface area contributed by atoms with Gasteiger partial charge in [-0.2, -0.15) is 0 Å². The van der Waals surface area contributed by atoms with Crippen LogP contribution < -0.4 is 0 Å². The van der Waals surface area contributed by atoms with Gasteiger partial charge in [0, 0.05) is 7.11 Å². The average molecular weight is 208 g/mol. The van der Waals surface area contributed by atoms with Gasteiger partial charge in [-0.25, -0.2) is 0 Å². The molecule has 0 aromatic rings. The van der Waals surface area contributed by atoms with Crippen LogP contribution in [0.15, 0.2) is 0 Å².